The summed E-state index contributed by atoms with van der Waals surface area (Å²) in [5.74, 6) is 0.219. The van der Waals surface area contributed by atoms with Gasteiger partial charge in [-0.1, -0.05) is 11.6 Å². The van der Waals surface area contributed by atoms with Crippen LogP contribution in [0, 0.1) is 6.92 Å². The highest BCUT2D eigenvalue weighted by molar-refractivity contribution is 6.31. The van der Waals surface area contributed by atoms with Crippen LogP contribution in [0.1, 0.15) is 22.0 Å². The quantitative estimate of drug-likeness (QED) is 0.493. The fourth-order valence-corrected chi connectivity index (χ4v) is 2.61. The van der Waals surface area contributed by atoms with Crippen molar-refractivity contribution in [1.82, 2.24) is 19.5 Å². The third-order valence-corrected chi connectivity index (χ3v) is 3.63. The second-order valence-electron chi connectivity index (χ2n) is 4.72. The Bertz CT molecular complexity index is 1010. The summed E-state index contributed by atoms with van der Waals surface area (Å²) in [7, 11) is 0. The molecule has 2 aromatic heterocycles. The smallest absolute Gasteiger partial charge is 0.269 e. The number of ketones is 1. The summed E-state index contributed by atoms with van der Waals surface area (Å²) in [6, 6.07) is 4.80. The maximum atomic E-state index is 12.6. The molecule has 3 heterocycles. The number of hydrogen-bond acceptors (Lipinski definition) is 5. The van der Waals surface area contributed by atoms with E-state index >= 15 is 0 Å². The SMILES string of the molecule is Cc1ncc2c(=O)n3c(nc2n1)C(=O)c1cc(Cl)ccc1-3. The Kier molecular flexibility index (Phi) is 2.29. The molecule has 0 amide bonds. The highest BCUT2D eigenvalue weighted by Gasteiger charge is 2.30. The van der Waals surface area contributed by atoms with E-state index < -0.39 is 0 Å². The highest BCUT2D eigenvalue weighted by atomic mass is 35.5. The van der Waals surface area contributed by atoms with Crippen molar-refractivity contribution in [2.24, 2.45) is 0 Å². The van der Waals surface area contributed by atoms with Crippen LogP contribution in [-0.2, 0) is 0 Å². The van der Waals surface area contributed by atoms with Gasteiger partial charge in [0, 0.05) is 11.2 Å². The normalized spacial score (nSPS) is 12.6. The Morgan fingerprint density at radius 1 is 1.19 bits per heavy atom. The molecule has 1 aliphatic heterocycles. The second-order valence-corrected chi connectivity index (χ2v) is 5.16. The summed E-state index contributed by atoms with van der Waals surface area (Å²) < 4.78 is 1.29. The predicted molar refractivity (Wildman–Crippen MR) is 76.1 cm³/mol. The van der Waals surface area contributed by atoms with Crippen LogP contribution in [0.4, 0.5) is 0 Å². The average molecular weight is 299 g/mol. The number of aromatic nitrogens is 4. The molecule has 3 aromatic rings. The van der Waals surface area contributed by atoms with E-state index in [9.17, 15) is 9.59 Å². The van der Waals surface area contributed by atoms with Gasteiger partial charge in [0.2, 0.25) is 5.78 Å². The van der Waals surface area contributed by atoms with Crippen molar-refractivity contribution in [2.75, 3.05) is 0 Å². The first-order chi connectivity index (χ1) is 10.1. The minimum atomic E-state index is -0.357. The fourth-order valence-electron chi connectivity index (χ4n) is 2.44. The van der Waals surface area contributed by atoms with Crippen LogP contribution in [0.3, 0.4) is 0 Å². The van der Waals surface area contributed by atoms with Crippen LogP contribution in [0.5, 0.6) is 0 Å². The zero-order chi connectivity index (χ0) is 14.7. The van der Waals surface area contributed by atoms with E-state index in [1.54, 1.807) is 19.1 Å². The van der Waals surface area contributed by atoms with Crippen LogP contribution < -0.4 is 5.56 Å². The molecule has 0 N–H and O–H groups in total. The number of nitrogens with zero attached hydrogens (tertiary/aromatic N) is 4. The topological polar surface area (TPSA) is 77.7 Å². The lowest BCUT2D eigenvalue weighted by Gasteiger charge is -2.05. The third-order valence-electron chi connectivity index (χ3n) is 3.39. The molecule has 4 rings (SSSR count). The van der Waals surface area contributed by atoms with Crippen LogP contribution in [0.2, 0.25) is 5.02 Å². The Hall–Kier alpha value is -2.60. The van der Waals surface area contributed by atoms with Crippen molar-refractivity contribution < 1.29 is 4.79 Å². The molecule has 0 atom stereocenters. The molecule has 0 saturated carbocycles. The lowest BCUT2D eigenvalue weighted by molar-refractivity contribution is 0.103. The van der Waals surface area contributed by atoms with Crippen molar-refractivity contribution in [1.29, 1.82) is 0 Å². The Balaban J connectivity index is 2.17. The van der Waals surface area contributed by atoms with Gasteiger partial charge in [-0.25, -0.2) is 15.0 Å². The molecule has 1 aromatic carbocycles. The number of hydrogen-bond donors (Lipinski definition) is 0. The maximum absolute atomic E-state index is 12.6. The van der Waals surface area contributed by atoms with E-state index in [1.807, 2.05) is 0 Å². The Morgan fingerprint density at radius 2 is 2.00 bits per heavy atom. The van der Waals surface area contributed by atoms with E-state index in [0.29, 0.717) is 22.1 Å². The number of halogens is 1. The van der Waals surface area contributed by atoms with Gasteiger partial charge in [0.25, 0.3) is 5.56 Å². The molecule has 0 spiro atoms. The van der Waals surface area contributed by atoms with Gasteiger partial charge in [-0.05, 0) is 25.1 Å². The van der Waals surface area contributed by atoms with Gasteiger partial charge in [-0.2, -0.15) is 0 Å². The van der Waals surface area contributed by atoms with Gasteiger partial charge in [0.05, 0.1) is 11.3 Å². The number of carbonyl (C=O) groups is 1. The molecule has 7 heteroatoms. The molecular weight excluding hydrogens is 292 g/mol. The maximum Gasteiger partial charge on any atom is 0.269 e. The van der Waals surface area contributed by atoms with Crippen molar-refractivity contribution in [3.63, 3.8) is 0 Å². The van der Waals surface area contributed by atoms with Crippen molar-refractivity contribution >= 4 is 28.4 Å². The first-order valence-electron chi connectivity index (χ1n) is 6.17. The number of aryl methyl sites for hydroxylation is 1. The number of carbonyl (C=O) groups excluding carboxylic acids is 1. The zero-order valence-corrected chi connectivity index (χ0v) is 11.5. The van der Waals surface area contributed by atoms with Crippen LogP contribution in [0.15, 0.2) is 29.2 Å². The van der Waals surface area contributed by atoms with Gasteiger partial charge < -0.3 is 0 Å². The monoisotopic (exact) mass is 298 g/mol. The average Bonchev–Trinajstić information content (AvgIpc) is 2.72. The fraction of sp³-hybridized carbons (Fsp3) is 0.0714. The first kappa shape index (κ1) is 12.2. The third kappa shape index (κ3) is 1.56. The molecule has 0 fully saturated rings. The summed E-state index contributed by atoms with van der Waals surface area (Å²) in [5, 5.41) is 0.711. The molecule has 102 valence electrons. The van der Waals surface area contributed by atoms with Gasteiger partial charge in [0.15, 0.2) is 11.5 Å². The van der Waals surface area contributed by atoms with Crippen molar-refractivity contribution in [3.8, 4) is 5.69 Å². The predicted octanol–water partition coefficient (Wildman–Crippen LogP) is 1.68. The van der Waals surface area contributed by atoms with Gasteiger partial charge >= 0.3 is 0 Å². The largest absolute Gasteiger partial charge is 0.285 e. The minimum absolute atomic E-state index is 0.0582. The van der Waals surface area contributed by atoms with E-state index in [1.165, 1.54) is 16.8 Å². The summed E-state index contributed by atoms with van der Waals surface area (Å²) in [6.07, 6.45) is 1.43. The molecule has 1 aliphatic rings. The van der Waals surface area contributed by atoms with E-state index in [0.717, 1.165) is 0 Å². The molecule has 0 bridgehead atoms. The molecular formula is C14H7ClN4O2. The van der Waals surface area contributed by atoms with Crippen LogP contribution in [0.25, 0.3) is 16.7 Å². The van der Waals surface area contributed by atoms with Crippen LogP contribution in [-0.4, -0.2) is 25.3 Å². The number of rotatable bonds is 0. The van der Waals surface area contributed by atoms with E-state index in [-0.39, 0.29) is 28.2 Å². The lowest BCUT2D eigenvalue weighted by atomic mass is 10.1. The lowest BCUT2D eigenvalue weighted by Crippen LogP contribution is -2.22. The number of benzene rings is 1. The Morgan fingerprint density at radius 3 is 2.81 bits per heavy atom. The molecule has 6 nitrogen and oxygen atoms in total. The summed E-state index contributed by atoms with van der Waals surface area (Å²) in [4.78, 5) is 37.3. The zero-order valence-electron chi connectivity index (χ0n) is 10.8. The Labute approximate surface area is 123 Å². The summed E-state index contributed by atoms with van der Waals surface area (Å²) in [5.41, 5.74) is 0.724. The van der Waals surface area contributed by atoms with Crippen molar-refractivity contribution in [3.05, 3.63) is 57.0 Å². The molecule has 0 unspecified atom stereocenters. The molecule has 0 aliphatic carbocycles. The van der Waals surface area contributed by atoms with Crippen molar-refractivity contribution in [2.45, 2.75) is 6.92 Å². The van der Waals surface area contributed by atoms with Gasteiger partial charge in [-0.15, -0.1) is 0 Å². The first-order valence-corrected chi connectivity index (χ1v) is 6.55. The second kappa shape index (κ2) is 3.95. The molecule has 21 heavy (non-hydrogen) atoms. The summed E-state index contributed by atoms with van der Waals surface area (Å²) >= 11 is 5.91. The van der Waals surface area contributed by atoms with E-state index in [2.05, 4.69) is 15.0 Å². The van der Waals surface area contributed by atoms with Gasteiger partial charge in [-0.3, -0.25) is 14.2 Å². The van der Waals surface area contributed by atoms with E-state index in [4.69, 9.17) is 11.6 Å². The highest BCUT2D eigenvalue weighted by Crippen LogP contribution is 2.28. The standard InChI is InChI=1S/C14H7ClN4O2/c1-6-16-5-9-12(17-6)18-13-11(20)8-4-7(15)2-3-10(8)19(13)14(9)21/h2-5H,1H3. The molecule has 0 saturated heterocycles. The molecule has 0 radical (unpaired) electrons. The summed E-state index contributed by atoms with van der Waals surface area (Å²) in [6.45, 7) is 1.70. The van der Waals surface area contributed by atoms with Gasteiger partial charge in [0.1, 0.15) is 11.2 Å². The minimum Gasteiger partial charge on any atom is -0.285 e. The number of fused-ring (bicyclic) bond motifs is 4. The van der Waals surface area contributed by atoms with Crippen LogP contribution >= 0.6 is 11.6 Å².